The Morgan fingerprint density at radius 1 is 1.18 bits per heavy atom. The van der Waals surface area contributed by atoms with Crippen molar-refractivity contribution in [1.82, 2.24) is 9.88 Å². The molecule has 1 aliphatic rings. The average molecular weight is 385 g/mol. The van der Waals surface area contributed by atoms with Gasteiger partial charge in [0.25, 0.3) is 5.91 Å². The fourth-order valence-corrected chi connectivity index (χ4v) is 3.45. The number of methoxy groups -OCH3 is 1. The lowest BCUT2D eigenvalue weighted by Crippen LogP contribution is -2.41. The fraction of sp³-hybridized carbons (Fsp3) is 0.429. The third-order valence-electron chi connectivity index (χ3n) is 5.03. The number of morpholine rings is 1. The van der Waals surface area contributed by atoms with Gasteiger partial charge in [-0.15, -0.1) is 0 Å². The summed E-state index contributed by atoms with van der Waals surface area (Å²) in [5.41, 5.74) is 4.14. The molecular formula is C21H27N3O4. The van der Waals surface area contributed by atoms with E-state index in [1.54, 1.807) is 31.4 Å². The summed E-state index contributed by atoms with van der Waals surface area (Å²) in [6, 6.07) is 7.22. The standard InChI is InChI=1S/C21H27N3O4/c1-14-18(8-9-19(25)23-16-4-6-17(27-3)7-5-16)22-15(2)20(14)21(26)24-10-12-28-13-11-24/h4-7,22H,8-13H2,1-3H3,(H,23,25). The molecule has 0 radical (unpaired) electrons. The molecule has 0 bridgehead atoms. The third-order valence-corrected chi connectivity index (χ3v) is 5.03. The first-order valence-corrected chi connectivity index (χ1v) is 9.48. The molecule has 1 aliphatic heterocycles. The maximum absolute atomic E-state index is 12.8. The average Bonchev–Trinajstić information content (AvgIpc) is 3.00. The van der Waals surface area contributed by atoms with E-state index >= 15 is 0 Å². The Bertz CT molecular complexity index is 836. The van der Waals surface area contributed by atoms with Crippen molar-refractivity contribution in [3.8, 4) is 5.75 Å². The van der Waals surface area contributed by atoms with Crippen LogP contribution in [-0.2, 0) is 16.0 Å². The van der Waals surface area contributed by atoms with Crippen LogP contribution >= 0.6 is 0 Å². The van der Waals surface area contributed by atoms with Crippen LogP contribution in [0.2, 0.25) is 0 Å². The molecule has 0 unspecified atom stereocenters. The number of amides is 2. The van der Waals surface area contributed by atoms with Crippen molar-refractivity contribution in [2.45, 2.75) is 26.7 Å². The van der Waals surface area contributed by atoms with Crippen LogP contribution in [0.15, 0.2) is 24.3 Å². The highest BCUT2D eigenvalue weighted by atomic mass is 16.5. The second-order valence-electron chi connectivity index (χ2n) is 6.91. The van der Waals surface area contributed by atoms with Gasteiger partial charge in [0.15, 0.2) is 0 Å². The van der Waals surface area contributed by atoms with E-state index in [0.717, 1.165) is 28.4 Å². The molecule has 150 valence electrons. The summed E-state index contributed by atoms with van der Waals surface area (Å²) in [5, 5.41) is 2.88. The molecule has 2 aromatic rings. The largest absolute Gasteiger partial charge is 0.497 e. The van der Waals surface area contributed by atoms with E-state index in [4.69, 9.17) is 9.47 Å². The van der Waals surface area contributed by atoms with E-state index in [9.17, 15) is 9.59 Å². The maximum atomic E-state index is 12.8. The number of aryl methyl sites for hydroxylation is 2. The van der Waals surface area contributed by atoms with Crippen LogP contribution in [0, 0.1) is 13.8 Å². The number of ether oxygens (including phenoxy) is 2. The van der Waals surface area contributed by atoms with E-state index in [-0.39, 0.29) is 11.8 Å². The first kappa shape index (κ1) is 19.9. The summed E-state index contributed by atoms with van der Waals surface area (Å²) in [6.07, 6.45) is 0.878. The number of carbonyl (C=O) groups excluding carboxylic acids is 2. The monoisotopic (exact) mass is 385 g/mol. The number of aromatic amines is 1. The fourth-order valence-electron chi connectivity index (χ4n) is 3.45. The van der Waals surface area contributed by atoms with Gasteiger partial charge in [0.05, 0.1) is 25.9 Å². The number of nitrogens with one attached hydrogen (secondary N) is 2. The number of anilines is 1. The second kappa shape index (κ2) is 8.93. The molecule has 2 heterocycles. The topological polar surface area (TPSA) is 83.7 Å². The van der Waals surface area contributed by atoms with Gasteiger partial charge in [0.2, 0.25) is 5.91 Å². The number of benzene rings is 1. The van der Waals surface area contributed by atoms with Crippen molar-refractivity contribution in [2.75, 3.05) is 38.7 Å². The number of hydrogen-bond donors (Lipinski definition) is 2. The van der Waals surface area contributed by atoms with Crippen molar-refractivity contribution in [1.29, 1.82) is 0 Å². The Labute approximate surface area is 165 Å². The molecule has 7 heteroatoms. The van der Waals surface area contributed by atoms with Gasteiger partial charge in [-0.1, -0.05) is 0 Å². The lowest BCUT2D eigenvalue weighted by atomic mass is 10.1. The normalized spacial score (nSPS) is 14.0. The smallest absolute Gasteiger partial charge is 0.256 e. The molecule has 1 aromatic heterocycles. The molecule has 1 aromatic carbocycles. The number of hydrogen-bond acceptors (Lipinski definition) is 4. The minimum absolute atomic E-state index is 0.0310. The second-order valence-corrected chi connectivity index (χ2v) is 6.91. The van der Waals surface area contributed by atoms with Gasteiger partial charge in [-0.3, -0.25) is 9.59 Å². The molecule has 0 atom stereocenters. The minimum Gasteiger partial charge on any atom is -0.497 e. The van der Waals surface area contributed by atoms with Crippen LogP contribution in [0.5, 0.6) is 5.75 Å². The van der Waals surface area contributed by atoms with Crippen LogP contribution < -0.4 is 10.1 Å². The van der Waals surface area contributed by atoms with Crippen LogP contribution in [0.4, 0.5) is 5.69 Å². The molecule has 2 amide bonds. The van der Waals surface area contributed by atoms with Crippen LogP contribution in [-0.4, -0.2) is 55.1 Å². The van der Waals surface area contributed by atoms with E-state index < -0.39 is 0 Å². The Morgan fingerprint density at radius 3 is 2.50 bits per heavy atom. The lowest BCUT2D eigenvalue weighted by Gasteiger charge is -2.27. The zero-order chi connectivity index (χ0) is 20.1. The highest BCUT2D eigenvalue weighted by Crippen LogP contribution is 2.22. The Kier molecular flexibility index (Phi) is 6.36. The van der Waals surface area contributed by atoms with Gasteiger partial charge >= 0.3 is 0 Å². The molecule has 1 saturated heterocycles. The van der Waals surface area contributed by atoms with Crippen LogP contribution in [0.3, 0.4) is 0 Å². The lowest BCUT2D eigenvalue weighted by molar-refractivity contribution is -0.116. The Morgan fingerprint density at radius 2 is 1.86 bits per heavy atom. The van der Waals surface area contributed by atoms with E-state index in [2.05, 4.69) is 10.3 Å². The van der Waals surface area contributed by atoms with Gasteiger partial charge < -0.3 is 24.7 Å². The van der Waals surface area contributed by atoms with Gasteiger partial charge in [-0.25, -0.2) is 0 Å². The maximum Gasteiger partial charge on any atom is 0.256 e. The quantitative estimate of drug-likeness (QED) is 0.801. The summed E-state index contributed by atoms with van der Waals surface area (Å²) in [6.45, 7) is 6.22. The van der Waals surface area contributed by atoms with Crippen molar-refractivity contribution in [2.24, 2.45) is 0 Å². The molecule has 0 spiro atoms. The highest BCUT2D eigenvalue weighted by molar-refractivity contribution is 5.97. The van der Waals surface area contributed by atoms with Crippen molar-refractivity contribution >= 4 is 17.5 Å². The van der Waals surface area contributed by atoms with Gasteiger partial charge in [-0.2, -0.15) is 0 Å². The molecule has 3 rings (SSSR count). The summed E-state index contributed by atoms with van der Waals surface area (Å²) < 4.78 is 10.4. The van der Waals surface area contributed by atoms with Crippen LogP contribution in [0.25, 0.3) is 0 Å². The number of carbonyl (C=O) groups is 2. The summed E-state index contributed by atoms with van der Waals surface area (Å²) >= 11 is 0. The predicted octanol–water partition coefficient (Wildman–Crippen LogP) is 2.68. The van der Waals surface area contributed by atoms with Crippen molar-refractivity contribution in [3.63, 3.8) is 0 Å². The minimum atomic E-state index is -0.0714. The summed E-state index contributed by atoms with van der Waals surface area (Å²) in [5.74, 6) is 0.703. The number of nitrogens with zero attached hydrogens (tertiary/aromatic N) is 1. The Hall–Kier alpha value is -2.80. The molecule has 7 nitrogen and oxygen atoms in total. The van der Waals surface area contributed by atoms with Gasteiger partial charge in [0, 0.05) is 36.6 Å². The van der Waals surface area contributed by atoms with E-state index in [1.807, 2.05) is 18.7 Å². The Balaban J connectivity index is 1.61. The summed E-state index contributed by atoms with van der Waals surface area (Å²) in [7, 11) is 1.60. The zero-order valence-electron chi connectivity index (χ0n) is 16.6. The molecule has 0 aliphatic carbocycles. The first-order chi connectivity index (χ1) is 13.5. The predicted molar refractivity (Wildman–Crippen MR) is 107 cm³/mol. The molecule has 1 fully saturated rings. The summed E-state index contributed by atoms with van der Waals surface area (Å²) in [4.78, 5) is 30.2. The van der Waals surface area contributed by atoms with Crippen molar-refractivity contribution < 1.29 is 19.1 Å². The molecular weight excluding hydrogens is 358 g/mol. The zero-order valence-corrected chi connectivity index (χ0v) is 16.6. The van der Waals surface area contributed by atoms with Crippen molar-refractivity contribution in [3.05, 3.63) is 46.8 Å². The third kappa shape index (κ3) is 4.54. The number of aromatic nitrogens is 1. The van der Waals surface area contributed by atoms with Gasteiger partial charge in [-0.05, 0) is 50.1 Å². The van der Waals surface area contributed by atoms with Crippen LogP contribution in [0.1, 0.15) is 33.7 Å². The highest BCUT2D eigenvalue weighted by Gasteiger charge is 2.24. The van der Waals surface area contributed by atoms with E-state index in [1.165, 1.54) is 0 Å². The molecule has 2 N–H and O–H groups in total. The first-order valence-electron chi connectivity index (χ1n) is 9.48. The van der Waals surface area contributed by atoms with E-state index in [0.29, 0.717) is 44.7 Å². The molecule has 28 heavy (non-hydrogen) atoms. The SMILES string of the molecule is COc1ccc(NC(=O)CCc2[nH]c(C)c(C(=O)N3CCOCC3)c2C)cc1. The molecule has 0 saturated carbocycles. The number of rotatable bonds is 6. The van der Waals surface area contributed by atoms with Gasteiger partial charge in [0.1, 0.15) is 5.75 Å². The number of H-pyrrole nitrogens is 1.